The number of ether oxygens (including phenoxy) is 1. The molecule has 4 rings (SSSR count). The molecule has 0 spiro atoms. The third kappa shape index (κ3) is 5.07. The number of thiophene rings is 1. The number of aromatic nitrogens is 1. The average Bonchev–Trinajstić information content (AvgIpc) is 3.48. The Morgan fingerprint density at radius 1 is 1.10 bits per heavy atom. The van der Waals surface area contributed by atoms with Crippen LogP contribution >= 0.6 is 22.9 Å². The molecule has 31 heavy (non-hydrogen) atoms. The Bertz CT molecular complexity index is 1200. The van der Waals surface area contributed by atoms with Gasteiger partial charge < -0.3 is 13.7 Å². The molecule has 0 saturated carbocycles. The summed E-state index contributed by atoms with van der Waals surface area (Å²) in [6.07, 6.45) is 1.53. The largest absolute Gasteiger partial charge is 0.486 e. The number of nitrogens with one attached hydrogen (secondary N) is 1. The molecule has 0 aliphatic carbocycles. The van der Waals surface area contributed by atoms with E-state index in [9.17, 15) is 4.79 Å². The zero-order chi connectivity index (χ0) is 21.8. The average molecular weight is 454 g/mol. The molecule has 1 amide bonds. The molecule has 1 aromatic carbocycles. The first-order valence-corrected chi connectivity index (χ1v) is 10.7. The van der Waals surface area contributed by atoms with E-state index in [1.165, 1.54) is 28.9 Å². The van der Waals surface area contributed by atoms with Crippen LogP contribution in [0, 0.1) is 13.8 Å². The van der Waals surface area contributed by atoms with Crippen molar-refractivity contribution in [1.29, 1.82) is 0 Å². The van der Waals surface area contributed by atoms with Crippen molar-refractivity contribution in [3.05, 3.63) is 92.8 Å². The second kappa shape index (κ2) is 9.24. The molecule has 158 valence electrons. The lowest BCUT2D eigenvalue weighted by Gasteiger charge is -2.10. The number of rotatable bonds is 7. The quantitative estimate of drug-likeness (QED) is 0.286. The predicted molar refractivity (Wildman–Crippen MR) is 123 cm³/mol. The summed E-state index contributed by atoms with van der Waals surface area (Å²) in [6, 6.07) is 18.9. The number of amides is 1. The first-order chi connectivity index (χ1) is 15.0. The van der Waals surface area contributed by atoms with Crippen molar-refractivity contribution < 1.29 is 13.9 Å². The monoisotopic (exact) mass is 453 g/mol. The van der Waals surface area contributed by atoms with Gasteiger partial charge in [-0.3, -0.25) is 4.79 Å². The van der Waals surface area contributed by atoms with Gasteiger partial charge in [-0.15, -0.1) is 11.3 Å². The lowest BCUT2D eigenvalue weighted by atomic mass is 10.3. The molecule has 0 fully saturated rings. The van der Waals surface area contributed by atoms with Crippen molar-refractivity contribution in [3.63, 3.8) is 0 Å². The minimum absolute atomic E-state index is 0.161. The van der Waals surface area contributed by atoms with Crippen LogP contribution in [0.4, 0.5) is 0 Å². The first kappa shape index (κ1) is 21.0. The molecular formula is C23H20ClN3O3S. The van der Waals surface area contributed by atoms with E-state index in [2.05, 4.69) is 41.1 Å². The van der Waals surface area contributed by atoms with E-state index < -0.39 is 5.91 Å². The summed E-state index contributed by atoms with van der Waals surface area (Å²) in [7, 11) is 0. The van der Waals surface area contributed by atoms with Gasteiger partial charge in [-0.05, 0) is 74.5 Å². The number of hydrogen-bond acceptors (Lipinski definition) is 5. The number of carbonyl (C=O) groups excluding carboxylic acids is 1. The van der Waals surface area contributed by atoms with Crippen LogP contribution in [0.3, 0.4) is 0 Å². The summed E-state index contributed by atoms with van der Waals surface area (Å²) in [4.78, 5) is 13.0. The van der Waals surface area contributed by atoms with Crippen LogP contribution in [0.25, 0.3) is 5.69 Å². The minimum atomic E-state index is -0.438. The molecule has 3 heterocycles. The molecule has 0 atom stereocenters. The smallest absolute Gasteiger partial charge is 0.307 e. The molecule has 1 N–H and O–H groups in total. The van der Waals surface area contributed by atoms with Gasteiger partial charge in [0.1, 0.15) is 18.1 Å². The molecule has 0 saturated heterocycles. The fourth-order valence-corrected chi connectivity index (χ4v) is 4.04. The molecular weight excluding hydrogens is 434 g/mol. The normalized spacial score (nSPS) is 11.2. The van der Waals surface area contributed by atoms with Crippen molar-refractivity contribution in [1.82, 2.24) is 9.99 Å². The van der Waals surface area contributed by atoms with Crippen molar-refractivity contribution in [2.45, 2.75) is 20.5 Å². The third-order valence-electron chi connectivity index (χ3n) is 4.58. The van der Waals surface area contributed by atoms with Crippen molar-refractivity contribution in [3.8, 4) is 11.4 Å². The molecule has 0 aliphatic heterocycles. The van der Waals surface area contributed by atoms with E-state index >= 15 is 0 Å². The maximum atomic E-state index is 12.1. The Hall–Kier alpha value is -3.29. The van der Waals surface area contributed by atoms with Crippen LogP contribution < -0.4 is 10.2 Å². The predicted octanol–water partition coefficient (Wildman–Crippen LogP) is 5.74. The fraction of sp³-hybridized carbons (Fsp3) is 0.130. The second-order valence-corrected chi connectivity index (χ2v) is 8.59. The van der Waals surface area contributed by atoms with Gasteiger partial charge in [0, 0.05) is 22.0 Å². The third-order valence-corrected chi connectivity index (χ3v) is 5.75. The highest BCUT2D eigenvalue weighted by atomic mass is 35.5. The molecule has 3 aromatic heterocycles. The Morgan fingerprint density at radius 3 is 2.52 bits per heavy atom. The number of carbonyl (C=O) groups is 1. The molecule has 0 unspecified atom stereocenters. The Labute approximate surface area is 188 Å². The summed E-state index contributed by atoms with van der Waals surface area (Å²) in [5.41, 5.74) is 5.86. The number of halogens is 1. The number of hydrazone groups is 1. The fourth-order valence-electron chi connectivity index (χ4n) is 3.11. The van der Waals surface area contributed by atoms with E-state index in [1.54, 1.807) is 18.2 Å². The van der Waals surface area contributed by atoms with Crippen LogP contribution in [-0.4, -0.2) is 16.7 Å². The van der Waals surface area contributed by atoms with Gasteiger partial charge >= 0.3 is 5.91 Å². The summed E-state index contributed by atoms with van der Waals surface area (Å²) in [6.45, 7) is 4.36. The maximum Gasteiger partial charge on any atom is 0.307 e. The number of furan rings is 1. The minimum Gasteiger partial charge on any atom is -0.486 e. The second-order valence-electron chi connectivity index (χ2n) is 6.84. The van der Waals surface area contributed by atoms with Crippen LogP contribution in [0.15, 0.2) is 70.2 Å². The molecule has 6 nitrogen and oxygen atoms in total. The standard InChI is InChI=1S/C23H20ClN3O3S/c1-15-3-4-16(2)27(15)17-5-7-18(8-6-17)29-14-19-9-11-21(30-19)23(28)26-25-13-20-10-12-22(24)31-20/h3-13H,14H2,1-2H3,(H,26,28)/b25-13+. The van der Waals surface area contributed by atoms with Crippen molar-refractivity contribution in [2.75, 3.05) is 0 Å². The maximum absolute atomic E-state index is 12.1. The zero-order valence-electron chi connectivity index (χ0n) is 17.0. The van der Waals surface area contributed by atoms with Gasteiger partial charge in [0.25, 0.3) is 0 Å². The lowest BCUT2D eigenvalue weighted by Crippen LogP contribution is -2.16. The van der Waals surface area contributed by atoms with Crippen molar-refractivity contribution >= 4 is 35.1 Å². The van der Waals surface area contributed by atoms with Crippen molar-refractivity contribution in [2.24, 2.45) is 5.10 Å². The van der Waals surface area contributed by atoms with E-state index in [-0.39, 0.29) is 12.4 Å². The Morgan fingerprint density at radius 2 is 1.84 bits per heavy atom. The summed E-state index contributed by atoms with van der Waals surface area (Å²) in [5, 5.41) is 3.91. The highest BCUT2D eigenvalue weighted by Crippen LogP contribution is 2.21. The highest BCUT2D eigenvalue weighted by Gasteiger charge is 2.11. The number of benzene rings is 1. The van der Waals surface area contributed by atoms with Gasteiger partial charge in [0.05, 0.1) is 10.6 Å². The number of hydrogen-bond donors (Lipinski definition) is 1. The molecule has 0 radical (unpaired) electrons. The van der Waals surface area contributed by atoms with Gasteiger partial charge in [-0.1, -0.05) is 11.6 Å². The van der Waals surface area contributed by atoms with E-state index in [4.69, 9.17) is 20.8 Å². The van der Waals surface area contributed by atoms with Gasteiger partial charge in [-0.2, -0.15) is 5.10 Å². The molecule has 0 bridgehead atoms. The molecule has 8 heteroatoms. The summed E-state index contributed by atoms with van der Waals surface area (Å²) >= 11 is 7.23. The van der Waals surface area contributed by atoms with E-state index in [0.29, 0.717) is 15.8 Å². The summed E-state index contributed by atoms with van der Waals surface area (Å²) < 4.78 is 14.2. The van der Waals surface area contributed by atoms with Crippen LogP contribution in [0.1, 0.15) is 32.6 Å². The van der Waals surface area contributed by atoms with Gasteiger partial charge in [0.15, 0.2) is 5.76 Å². The number of aryl methyl sites for hydroxylation is 2. The van der Waals surface area contributed by atoms with Gasteiger partial charge in [0.2, 0.25) is 0 Å². The Balaban J connectivity index is 1.32. The molecule has 0 aliphatic rings. The topological polar surface area (TPSA) is 68.8 Å². The van der Waals surface area contributed by atoms with E-state index in [0.717, 1.165) is 10.6 Å². The Kier molecular flexibility index (Phi) is 6.25. The SMILES string of the molecule is Cc1ccc(C)n1-c1ccc(OCc2ccc(C(=O)N/N=C/c3ccc(Cl)s3)o2)cc1. The van der Waals surface area contributed by atoms with Crippen LogP contribution in [0.2, 0.25) is 4.34 Å². The number of nitrogens with zero attached hydrogens (tertiary/aromatic N) is 2. The van der Waals surface area contributed by atoms with E-state index in [1.807, 2.05) is 30.3 Å². The summed E-state index contributed by atoms with van der Waals surface area (Å²) in [5.74, 6) is 0.981. The molecule has 4 aromatic rings. The van der Waals surface area contributed by atoms with Gasteiger partial charge in [-0.25, -0.2) is 5.43 Å². The van der Waals surface area contributed by atoms with Crippen LogP contribution in [-0.2, 0) is 6.61 Å². The zero-order valence-corrected chi connectivity index (χ0v) is 18.5. The highest BCUT2D eigenvalue weighted by molar-refractivity contribution is 7.17. The lowest BCUT2D eigenvalue weighted by molar-refractivity contribution is 0.0923. The van der Waals surface area contributed by atoms with Crippen LogP contribution in [0.5, 0.6) is 5.75 Å². The first-order valence-electron chi connectivity index (χ1n) is 9.55.